The largest absolute Gasteiger partial charge is 0.417 e. The van der Waals surface area contributed by atoms with Crippen LogP contribution in [0.5, 0.6) is 0 Å². The summed E-state index contributed by atoms with van der Waals surface area (Å²) in [7, 11) is 0. The standard InChI is InChI=1S/C27H25F3N4O3/c1-3-34-24-22(20-6-7-37-14-23(20)26(34)36)9-16(12-32-24)21-10-19(5-4-15(21)2)33-25(35)17-8-18(13-31-11-17)27(28,29)30/h4-5,8-13,20,23H,3,6-7,14H2,1-2H3,(H,33,35)/t20-,23+/m0/s1. The Bertz CT molecular complexity index is 1380. The molecule has 0 saturated carbocycles. The number of rotatable bonds is 4. The average molecular weight is 511 g/mol. The van der Waals surface area contributed by atoms with Crippen LogP contribution < -0.4 is 10.2 Å². The van der Waals surface area contributed by atoms with E-state index < -0.39 is 17.6 Å². The zero-order valence-corrected chi connectivity index (χ0v) is 20.3. The molecule has 10 heteroatoms. The lowest BCUT2D eigenvalue weighted by Gasteiger charge is -2.40. The third-order valence-electron chi connectivity index (χ3n) is 6.94. The van der Waals surface area contributed by atoms with E-state index in [9.17, 15) is 22.8 Å². The highest BCUT2D eigenvalue weighted by Gasteiger charge is 2.42. The van der Waals surface area contributed by atoms with Crippen molar-refractivity contribution in [3.8, 4) is 11.1 Å². The summed E-state index contributed by atoms with van der Waals surface area (Å²) in [4.78, 5) is 35.6. The molecule has 2 aliphatic rings. The van der Waals surface area contributed by atoms with Gasteiger partial charge in [-0.15, -0.1) is 0 Å². The van der Waals surface area contributed by atoms with Gasteiger partial charge in [-0.25, -0.2) is 4.98 Å². The number of hydrogen-bond donors (Lipinski definition) is 1. The second-order valence-corrected chi connectivity index (χ2v) is 9.24. The number of halogens is 3. The molecule has 2 aromatic heterocycles. The van der Waals surface area contributed by atoms with Crippen molar-refractivity contribution >= 4 is 23.3 Å². The van der Waals surface area contributed by atoms with Crippen molar-refractivity contribution in [2.45, 2.75) is 32.4 Å². The highest BCUT2D eigenvalue weighted by molar-refractivity contribution is 6.04. The van der Waals surface area contributed by atoms with Gasteiger partial charge < -0.3 is 10.1 Å². The molecule has 0 radical (unpaired) electrons. The molecule has 2 amide bonds. The van der Waals surface area contributed by atoms with Crippen LogP contribution in [0.4, 0.5) is 24.7 Å². The third-order valence-corrected chi connectivity index (χ3v) is 6.94. The van der Waals surface area contributed by atoms with Gasteiger partial charge in [0.1, 0.15) is 5.82 Å². The van der Waals surface area contributed by atoms with Gasteiger partial charge in [-0.1, -0.05) is 6.07 Å². The van der Waals surface area contributed by atoms with E-state index in [1.54, 1.807) is 23.2 Å². The summed E-state index contributed by atoms with van der Waals surface area (Å²) in [6.07, 6.45) is -0.384. The lowest BCUT2D eigenvalue weighted by molar-refractivity contribution is -0.137. The molecule has 0 bridgehead atoms. The fourth-order valence-corrected chi connectivity index (χ4v) is 5.02. The Balaban J connectivity index is 1.47. The number of fused-ring (bicyclic) bond motifs is 3. The maximum absolute atomic E-state index is 13.0. The minimum Gasteiger partial charge on any atom is -0.381 e. The number of anilines is 2. The van der Waals surface area contributed by atoms with Crippen molar-refractivity contribution in [1.82, 2.24) is 9.97 Å². The predicted molar refractivity (Wildman–Crippen MR) is 131 cm³/mol. The van der Waals surface area contributed by atoms with Gasteiger partial charge >= 0.3 is 6.18 Å². The Morgan fingerprint density at radius 3 is 2.73 bits per heavy atom. The SMILES string of the molecule is CCN1C(=O)[C@@H]2COCC[C@H]2c2cc(-c3cc(NC(=O)c4cncc(C(F)(F)F)c4)ccc3C)cnc21. The van der Waals surface area contributed by atoms with Gasteiger partial charge in [0.15, 0.2) is 0 Å². The molecule has 5 rings (SSSR count). The first kappa shape index (κ1) is 24.9. The summed E-state index contributed by atoms with van der Waals surface area (Å²) in [5.41, 5.74) is 2.81. The lowest BCUT2D eigenvalue weighted by atomic mass is 9.78. The monoisotopic (exact) mass is 510 g/mol. The van der Waals surface area contributed by atoms with Crippen molar-refractivity contribution in [1.29, 1.82) is 0 Å². The molecule has 7 nitrogen and oxygen atoms in total. The average Bonchev–Trinajstić information content (AvgIpc) is 2.89. The van der Waals surface area contributed by atoms with Crippen LogP contribution in [0.25, 0.3) is 11.1 Å². The zero-order valence-electron chi connectivity index (χ0n) is 20.3. The molecule has 1 N–H and O–H groups in total. The Kier molecular flexibility index (Phi) is 6.45. The summed E-state index contributed by atoms with van der Waals surface area (Å²) in [6.45, 7) is 5.31. The molecule has 1 fully saturated rings. The van der Waals surface area contributed by atoms with E-state index in [1.807, 2.05) is 26.0 Å². The highest BCUT2D eigenvalue weighted by atomic mass is 19.4. The van der Waals surface area contributed by atoms with E-state index in [0.717, 1.165) is 40.9 Å². The first-order valence-corrected chi connectivity index (χ1v) is 12.0. The van der Waals surface area contributed by atoms with E-state index >= 15 is 0 Å². The molecule has 0 spiro atoms. The molecule has 2 aliphatic heterocycles. The Morgan fingerprint density at radius 2 is 1.97 bits per heavy atom. The predicted octanol–water partition coefficient (Wildman–Crippen LogP) is 5.21. The molecule has 192 valence electrons. The summed E-state index contributed by atoms with van der Waals surface area (Å²) in [5, 5.41) is 2.67. The van der Waals surface area contributed by atoms with E-state index in [0.29, 0.717) is 37.5 Å². The van der Waals surface area contributed by atoms with Crippen LogP contribution in [0.3, 0.4) is 0 Å². The quantitative estimate of drug-likeness (QED) is 0.521. The van der Waals surface area contributed by atoms with Crippen molar-refractivity contribution < 1.29 is 27.5 Å². The highest BCUT2D eigenvalue weighted by Crippen LogP contribution is 2.44. The summed E-state index contributed by atoms with van der Waals surface area (Å²) in [5.74, 6) is -0.225. The maximum atomic E-state index is 13.0. The van der Waals surface area contributed by atoms with Gasteiger partial charge in [-0.2, -0.15) is 13.2 Å². The van der Waals surface area contributed by atoms with Gasteiger partial charge in [0.05, 0.1) is 23.7 Å². The lowest BCUT2D eigenvalue weighted by Crippen LogP contribution is -2.47. The fourth-order valence-electron chi connectivity index (χ4n) is 5.02. The molecule has 4 heterocycles. The second-order valence-electron chi connectivity index (χ2n) is 9.24. The Labute approximate surface area is 211 Å². The van der Waals surface area contributed by atoms with Crippen LogP contribution in [-0.2, 0) is 15.7 Å². The van der Waals surface area contributed by atoms with Crippen LogP contribution in [0.2, 0.25) is 0 Å². The first-order valence-electron chi connectivity index (χ1n) is 12.0. The number of nitrogens with one attached hydrogen (secondary N) is 1. The first-order chi connectivity index (χ1) is 17.7. The molecule has 1 saturated heterocycles. The number of alkyl halides is 3. The topological polar surface area (TPSA) is 84.4 Å². The summed E-state index contributed by atoms with van der Waals surface area (Å²) in [6, 6.07) is 8.11. The smallest absolute Gasteiger partial charge is 0.381 e. The van der Waals surface area contributed by atoms with Crippen molar-refractivity contribution in [3.63, 3.8) is 0 Å². The number of nitrogens with zero attached hydrogens (tertiary/aromatic N) is 3. The zero-order chi connectivity index (χ0) is 26.3. The van der Waals surface area contributed by atoms with E-state index in [2.05, 4.69) is 15.3 Å². The molecular weight excluding hydrogens is 485 g/mol. The number of aryl methyl sites for hydroxylation is 1. The van der Waals surface area contributed by atoms with Crippen LogP contribution in [0.15, 0.2) is 48.9 Å². The van der Waals surface area contributed by atoms with Crippen molar-refractivity contribution in [3.05, 3.63) is 71.2 Å². The number of hydrogen-bond acceptors (Lipinski definition) is 5. The van der Waals surface area contributed by atoms with Crippen LogP contribution in [0, 0.1) is 12.8 Å². The van der Waals surface area contributed by atoms with Crippen molar-refractivity contribution in [2.75, 3.05) is 30.0 Å². The normalized spacial score (nSPS) is 19.3. The van der Waals surface area contributed by atoms with Crippen LogP contribution >= 0.6 is 0 Å². The van der Waals surface area contributed by atoms with Crippen LogP contribution in [-0.4, -0.2) is 41.5 Å². The van der Waals surface area contributed by atoms with Crippen LogP contribution in [0.1, 0.15) is 46.3 Å². The molecule has 1 aromatic carbocycles. The van der Waals surface area contributed by atoms with E-state index in [1.165, 1.54) is 0 Å². The Morgan fingerprint density at radius 1 is 1.16 bits per heavy atom. The van der Waals surface area contributed by atoms with Gasteiger partial charge in [0.25, 0.3) is 5.91 Å². The number of ether oxygens (including phenoxy) is 1. The number of carbonyl (C=O) groups excluding carboxylic acids is 2. The number of aromatic nitrogens is 2. The van der Waals surface area contributed by atoms with Gasteiger partial charge in [-0.05, 0) is 61.2 Å². The fraction of sp³-hybridized carbons (Fsp3) is 0.333. The molecule has 37 heavy (non-hydrogen) atoms. The minimum atomic E-state index is -4.60. The third kappa shape index (κ3) is 4.69. The summed E-state index contributed by atoms with van der Waals surface area (Å²) < 4.78 is 44.7. The van der Waals surface area contributed by atoms with E-state index in [-0.39, 0.29) is 23.3 Å². The molecule has 0 aliphatic carbocycles. The molecule has 0 unspecified atom stereocenters. The van der Waals surface area contributed by atoms with Gasteiger partial charge in [0.2, 0.25) is 5.91 Å². The minimum absolute atomic E-state index is 0.0168. The number of amides is 2. The number of benzene rings is 1. The second kappa shape index (κ2) is 9.59. The van der Waals surface area contributed by atoms with E-state index in [4.69, 9.17) is 4.74 Å². The molecule has 3 aromatic rings. The Hall–Kier alpha value is -3.79. The number of carbonyl (C=O) groups is 2. The summed E-state index contributed by atoms with van der Waals surface area (Å²) >= 11 is 0. The molecular formula is C27H25F3N4O3. The van der Waals surface area contributed by atoms with Crippen molar-refractivity contribution in [2.24, 2.45) is 5.92 Å². The maximum Gasteiger partial charge on any atom is 0.417 e. The van der Waals surface area contributed by atoms with Gasteiger partial charge in [-0.3, -0.25) is 19.5 Å². The van der Waals surface area contributed by atoms with Gasteiger partial charge in [0, 0.05) is 48.9 Å². The number of pyridine rings is 2. The molecule has 2 atom stereocenters.